The number of ether oxygens (including phenoxy) is 1. The number of carbonyl (C=O) groups excluding carboxylic acids is 2. The summed E-state index contributed by atoms with van der Waals surface area (Å²) in [6.07, 6.45) is -13.5. The summed E-state index contributed by atoms with van der Waals surface area (Å²) < 4.78 is 112. The third-order valence-electron chi connectivity index (χ3n) is 6.08. The highest BCUT2D eigenvalue weighted by Gasteiger charge is 2.47. The number of pyridine rings is 1. The van der Waals surface area contributed by atoms with Crippen LogP contribution in [0.15, 0.2) is 73.4 Å². The molecular weight excluding hydrogens is 616 g/mol. The van der Waals surface area contributed by atoms with Crippen LogP contribution in [0.1, 0.15) is 16.8 Å². The number of amides is 3. The van der Waals surface area contributed by atoms with Crippen LogP contribution in [0.5, 0.6) is 5.75 Å². The van der Waals surface area contributed by atoms with Gasteiger partial charge in [-0.1, -0.05) is 48.5 Å². The van der Waals surface area contributed by atoms with Crippen molar-refractivity contribution in [2.75, 3.05) is 6.54 Å². The first-order valence-electron chi connectivity index (χ1n) is 11.9. The lowest BCUT2D eigenvalue weighted by atomic mass is 9.69. The average molecular weight is 637 g/mol. The molecule has 7 nitrogen and oxygen atoms in total. The van der Waals surface area contributed by atoms with Crippen molar-refractivity contribution in [1.29, 1.82) is 0 Å². The van der Waals surface area contributed by atoms with E-state index in [1.54, 1.807) is 18.2 Å². The first kappa shape index (κ1) is 33.1. The van der Waals surface area contributed by atoms with Crippen molar-refractivity contribution in [2.24, 2.45) is 5.73 Å². The van der Waals surface area contributed by atoms with E-state index in [9.17, 15) is 44.7 Å². The van der Waals surface area contributed by atoms with Crippen LogP contribution in [0.4, 0.5) is 39.9 Å². The number of benzene rings is 2. The maximum absolute atomic E-state index is 14.9. The van der Waals surface area contributed by atoms with Gasteiger partial charge in [0.2, 0.25) is 11.9 Å². The van der Waals surface area contributed by atoms with Gasteiger partial charge in [0.05, 0.1) is 16.1 Å². The Morgan fingerprint density at radius 1 is 1.02 bits per heavy atom. The Morgan fingerprint density at radius 2 is 1.67 bits per heavy atom. The number of hydrogen-bond donors (Lipinski definition) is 3. The lowest BCUT2D eigenvalue weighted by molar-refractivity contribution is -0.253. The topological polar surface area (TPSA) is 106 Å². The summed E-state index contributed by atoms with van der Waals surface area (Å²) in [6.45, 7) is 3.20. The lowest BCUT2D eigenvalue weighted by Crippen LogP contribution is -2.57. The van der Waals surface area contributed by atoms with Crippen LogP contribution >= 0.6 is 11.6 Å². The molecule has 1 aromatic heterocycles. The Morgan fingerprint density at radius 3 is 2.21 bits per heavy atom. The molecule has 0 spiro atoms. The van der Waals surface area contributed by atoms with Crippen molar-refractivity contribution >= 4 is 29.1 Å². The number of hydrogen-bond acceptors (Lipinski definition) is 4. The van der Waals surface area contributed by atoms with Crippen LogP contribution in [-0.4, -0.2) is 48.2 Å². The van der Waals surface area contributed by atoms with E-state index in [1.165, 1.54) is 29.6 Å². The number of urea groups is 1. The fourth-order valence-corrected chi connectivity index (χ4v) is 4.18. The summed E-state index contributed by atoms with van der Waals surface area (Å²) in [4.78, 5) is 28.2. The van der Waals surface area contributed by atoms with Crippen LogP contribution < -0.4 is 21.1 Å². The van der Waals surface area contributed by atoms with Gasteiger partial charge < -0.3 is 21.1 Å². The third-order valence-corrected chi connectivity index (χ3v) is 6.30. The van der Waals surface area contributed by atoms with E-state index in [0.717, 1.165) is 18.3 Å². The second-order valence-corrected chi connectivity index (χ2v) is 9.39. The Kier molecular flexibility index (Phi) is 9.90. The van der Waals surface area contributed by atoms with Crippen molar-refractivity contribution in [3.8, 4) is 5.75 Å². The smallest absolute Gasteiger partial charge is 0.428 e. The monoisotopic (exact) mass is 636 g/mol. The van der Waals surface area contributed by atoms with E-state index < -0.39 is 60.2 Å². The van der Waals surface area contributed by atoms with Crippen molar-refractivity contribution in [3.63, 3.8) is 0 Å². The van der Waals surface area contributed by atoms with E-state index in [0.29, 0.717) is 11.6 Å². The first-order valence-corrected chi connectivity index (χ1v) is 12.3. The number of carbonyl (C=O) groups is 2. The molecule has 4 N–H and O–H groups in total. The second kappa shape index (κ2) is 12.9. The SMILES string of the molecule is C=C(c1ccccc1)[C@](CNC(=O)NC(C(N)=O)C(F)(F)F)(c1cc(F)cc(OC(F)(F)C(F)F)c1)c1ccc(Cl)cn1. The minimum absolute atomic E-state index is 0.0114. The average Bonchev–Trinajstić information content (AvgIpc) is 2.91. The summed E-state index contributed by atoms with van der Waals surface area (Å²) in [7, 11) is 0. The zero-order valence-electron chi connectivity index (χ0n) is 21.6. The Bertz CT molecular complexity index is 1470. The van der Waals surface area contributed by atoms with Crippen molar-refractivity contribution < 1.29 is 49.4 Å². The van der Waals surface area contributed by atoms with Crippen LogP contribution in [0.3, 0.4) is 0 Å². The Labute approximate surface area is 243 Å². The quantitative estimate of drug-likeness (QED) is 0.231. The molecule has 230 valence electrons. The molecule has 0 saturated heterocycles. The maximum Gasteiger partial charge on any atom is 0.461 e. The fraction of sp³-hybridized carbons (Fsp3) is 0.222. The molecule has 1 unspecified atom stereocenters. The van der Waals surface area contributed by atoms with Gasteiger partial charge in [0.25, 0.3) is 0 Å². The molecule has 0 aliphatic rings. The number of aromatic nitrogens is 1. The second-order valence-electron chi connectivity index (χ2n) is 8.96. The largest absolute Gasteiger partial charge is 0.461 e. The van der Waals surface area contributed by atoms with E-state index >= 15 is 0 Å². The highest BCUT2D eigenvalue weighted by molar-refractivity contribution is 6.30. The van der Waals surface area contributed by atoms with Gasteiger partial charge in [-0.15, -0.1) is 0 Å². The number of halogens is 9. The molecule has 0 bridgehead atoms. The minimum atomic E-state index is -5.27. The van der Waals surface area contributed by atoms with Gasteiger partial charge >= 0.3 is 24.7 Å². The summed E-state index contributed by atoms with van der Waals surface area (Å²) >= 11 is 5.96. The van der Waals surface area contributed by atoms with E-state index in [2.05, 4.69) is 21.6 Å². The summed E-state index contributed by atoms with van der Waals surface area (Å²) in [6, 6.07) is 7.61. The molecular formula is C27H21ClF8N4O3. The van der Waals surface area contributed by atoms with Crippen LogP contribution in [0, 0.1) is 5.82 Å². The van der Waals surface area contributed by atoms with Crippen molar-refractivity contribution in [1.82, 2.24) is 15.6 Å². The Hall–Kier alpha value is -4.40. The van der Waals surface area contributed by atoms with E-state index in [4.69, 9.17) is 17.3 Å². The molecule has 0 fully saturated rings. The lowest BCUT2D eigenvalue weighted by Gasteiger charge is -2.37. The number of nitrogens with zero attached hydrogens (tertiary/aromatic N) is 1. The molecule has 0 saturated carbocycles. The van der Waals surface area contributed by atoms with Gasteiger partial charge in [-0.3, -0.25) is 9.78 Å². The standard InChI is InChI=1S/C27H21ClF8N4O3/c1-14(15-5-3-2-4-6-15)25(20-8-7-17(28)12-38-20,13-39-24(42)40-21(22(37)41)26(32,33)34)16-9-18(29)11-19(10-16)43-27(35,36)23(30)31/h2-12,21,23H,1,13H2,(H2,37,41)(H2,39,40,42)/t21?,25-/m1/s1. The zero-order chi connectivity index (χ0) is 32.2. The number of rotatable bonds is 11. The molecule has 3 amide bonds. The molecule has 0 aliphatic heterocycles. The molecule has 0 radical (unpaired) electrons. The summed E-state index contributed by atoms with van der Waals surface area (Å²) in [5, 5.41) is 3.61. The highest BCUT2D eigenvalue weighted by atomic mass is 35.5. The van der Waals surface area contributed by atoms with Gasteiger partial charge in [-0.05, 0) is 41.0 Å². The van der Waals surface area contributed by atoms with Gasteiger partial charge in [-0.25, -0.2) is 9.18 Å². The van der Waals surface area contributed by atoms with Gasteiger partial charge in [0.1, 0.15) is 11.6 Å². The number of alkyl halides is 7. The summed E-state index contributed by atoms with van der Waals surface area (Å²) in [5.41, 5.74) is 2.61. The van der Waals surface area contributed by atoms with Crippen LogP contribution in [-0.2, 0) is 10.2 Å². The molecule has 16 heteroatoms. The zero-order valence-corrected chi connectivity index (χ0v) is 22.3. The molecule has 3 aromatic rings. The molecule has 3 rings (SSSR count). The molecule has 43 heavy (non-hydrogen) atoms. The molecule has 0 aliphatic carbocycles. The number of nitrogens with one attached hydrogen (secondary N) is 2. The Balaban J connectivity index is 2.24. The van der Waals surface area contributed by atoms with E-state index in [1.807, 2.05) is 0 Å². The molecule has 2 aromatic carbocycles. The van der Waals surface area contributed by atoms with Gasteiger partial charge in [0, 0.05) is 18.8 Å². The van der Waals surface area contributed by atoms with E-state index in [-0.39, 0.29) is 21.9 Å². The molecule has 2 atom stereocenters. The van der Waals surface area contributed by atoms with Gasteiger partial charge in [-0.2, -0.15) is 30.7 Å². The van der Waals surface area contributed by atoms with Crippen LogP contribution in [0.25, 0.3) is 5.57 Å². The predicted octanol–water partition coefficient (Wildman–Crippen LogP) is 5.83. The fourth-order valence-electron chi connectivity index (χ4n) is 4.07. The van der Waals surface area contributed by atoms with Gasteiger partial charge in [0.15, 0.2) is 0 Å². The van der Waals surface area contributed by atoms with Crippen LogP contribution in [0.2, 0.25) is 5.02 Å². The predicted molar refractivity (Wildman–Crippen MR) is 139 cm³/mol. The molecule has 1 heterocycles. The number of primary amides is 1. The highest BCUT2D eigenvalue weighted by Crippen LogP contribution is 2.44. The number of nitrogens with two attached hydrogens (primary N) is 1. The third kappa shape index (κ3) is 7.71. The minimum Gasteiger partial charge on any atom is -0.428 e. The van der Waals surface area contributed by atoms with Crippen molar-refractivity contribution in [2.45, 2.75) is 30.2 Å². The normalized spacial score (nSPS) is 14.0. The first-order chi connectivity index (χ1) is 20.0. The van der Waals surface area contributed by atoms with Crippen molar-refractivity contribution in [3.05, 3.63) is 101 Å². The maximum atomic E-state index is 14.9. The summed E-state index contributed by atoms with van der Waals surface area (Å²) in [5.74, 6) is -4.24.